The lowest BCUT2D eigenvalue weighted by atomic mass is 10.1. The summed E-state index contributed by atoms with van der Waals surface area (Å²) in [7, 11) is 1.57. The number of carbonyl (C=O) groups excluding carboxylic acids is 1. The van der Waals surface area contributed by atoms with Crippen LogP contribution in [0.3, 0.4) is 0 Å². The van der Waals surface area contributed by atoms with Crippen molar-refractivity contribution < 1.29 is 13.9 Å². The summed E-state index contributed by atoms with van der Waals surface area (Å²) in [5, 5.41) is 0. The number of amides is 1. The molecule has 2 aromatic carbocycles. The van der Waals surface area contributed by atoms with Crippen molar-refractivity contribution in [2.24, 2.45) is 0 Å². The highest BCUT2D eigenvalue weighted by molar-refractivity contribution is 6.04. The number of methoxy groups -OCH3 is 1. The minimum absolute atomic E-state index is 0.179. The van der Waals surface area contributed by atoms with Crippen LogP contribution >= 0.6 is 0 Å². The lowest BCUT2D eigenvalue weighted by molar-refractivity contribution is 0.0962. The molecule has 0 aliphatic carbocycles. The second kappa shape index (κ2) is 7.13. The van der Waals surface area contributed by atoms with Crippen LogP contribution in [0.25, 0.3) is 11.3 Å². The second-order valence-corrected chi connectivity index (χ2v) is 5.51. The molecule has 0 bridgehead atoms. The van der Waals surface area contributed by atoms with Gasteiger partial charge in [-0.05, 0) is 49.4 Å². The van der Waals surface area contributed by atoms with E-state index in [9.17, 15) is 4.79 Å². The zero-order chi connectivity index (χ0) is 17.8. The van der Waals surface area contributed by atoms with Gasteiger partial charge in [-0.2, -0.15) is 0 Å². The van der Waals surface area contributed by atoms with E-state index in [1.807, 2.05) is 43.3 Å². The number of para-hydroxylation sites is 1. The molecule has 0 unspecified atom stereocenters. The van der Waals surface area contributed by atoms with Gasteiger partial charge in [0, 0.05) is 17.8 Å². The first-order valence-electron chi connectivity index (χ1n) is 8.04. The Morgan fingerprint density at radius 3 is 2.52 bits per heavy atom. The molecule has 1 aromatic heterocycles. The van der Waals surface area contributed by atoms with Crippen molar-refractivity contribution in [2.75, 3.05) is 24.3 Å². The molecule has 0 spiro atoms. The summed E-state index contributed by atoms with van der Waals surface area (Å²) in [6.07, 6.45) is 0. The van der Waals surface area contributed by atoms with Crippen LogP contribution in [0.4, 0.5) is 11.4 Å². The second-order valence-electron chi connectivity index (χ2n) is 5.51. The van der Waals surface area contributed by atoms with Gasteiger partial charge in [-0.1, -0.05) is 18.2 Å². The number of nitrogen functional groups attached to an aromatic ring is 1. The Hall–Kier alpha value is -3.21. The van der Waals surface area contributed by atoms with Gasteiger partial charge in [-0.25, -0.2) is 0 Å². The molecule has 3 rings (SSSR count). The summed E-state index contributed by atoms with van der Waals surface area (Å²) in [5.74, 6) is 1.30. The number of furan rings is 1. The number of hydrogen-bond donors (Lipinski definition) is 1. The SMILES string of the molecule is CCN(C(=O)c1ccc(-c2ccc(OC)c(N)c2)o1)c1ccccc1. The monoisotopic (exact) mass is 336 g/mol. The van der Waals surface area contributed by atoms with Crippen LogP contribution in [0.15, 0.2) is 65.1 Å². The van der Waals surface area contributed by atoms with Gasteiger partial charge < -0.3 is 19.8 Å². The third-order valence-corrected chi connectivity index (χ3v) is 3.96. The number of hydrogen-bond acceptors (Lipinski definition) is 4. The fourth-order valence-corrected chi connectivity index (χ4v) is 2.68. The molecular formula is C20H20N2O3. The maximum absolute atomic E-state index is 12.8. The van der Waals surface area contributed by atoms with E-state index in [0.29, 0.717) is 23.7 Å². The quantitative estimate of drug-likeness (QED) is 0.709. The van der Waals surface area contributed by atoms with Crippen molar-refractivity contribution >= 4 is 17.3 Å². The Morgan fingerprint density at radius 1 is 1.12 bits per heavy atom. The van der Waals surface area contributed by atoms with E-state index in [1.165, 1.54) is 0 Å². The summed E-state index contributed by atoms with van der Waals surface area (Å²) < 4.78 is 10.9. The number of anilines is 2. The fraction of sp³-hybridized carbons (Fsp3) is 0.150. The molecule has 5 heteroatoms. The van der Waals surface area contributed by atoms with E-state index in [0.717, 1.165) is 11.3 Å². The van der Waals surface area contributed by atoms with Crippen molar-refractivity contribution in [3.63, 3.8) is 0 Å². The van der Waals surface area contributed by atoms with E-state index in [-0.39, 0.29) is 11.7 Å². The number of rotatable bonds is 5. The summed E-state index contributed by atoms with van der Waals surface area (Å²) in [4.78, 5) is 14.4. The van der Waals surface area contributed by atoms with Gasteiger partial charge in [0.25, 0.3) is 5.91 Å². The third-order valence-electron chi connectivity index (χ3n) is 3.96. The zero-order valence-corrected chi connectivity index (χ0v) is 14.2. The Kier molecular flexibility index (Phi) is 4.75. The predicted octanol–water partition coefficient (Wildman–Crippen LogP) is 4.20. The summed E-state index contributed by atoms with van der Waals surface area (Å²) >= 11 is 0. The molecular weight excluding hydrogens is 316 g/mol. The van der Waals surface area contributed by atoms with Gasteiger partial charge in [0.15, 0.2) is 5.76 Å². The Bertz CT molecular complexity index is 872. The molecule has 25 heavy (non-hydrogen) atoms. The van der Waals surface area contributed by atoms with Gasteiger partial charge in [0.05, 0.1) is 12.8 Å². The molecule has 0 radical (unpaired) electrons. The number of benzene rings is 2. The van der Waals surface area contributed by atoms with Crippen LogP contribution in [-0.4, -0.2) is 19.6 Å². The topological polar surface area (TPSA) is 68.7 Å². The molecule has 1 amide bonds. The van der Waals surface area contributed by atoms with Gasteiger partial charge in [0.1, 0.15) is 11.5 Å². The first-order valence-corrected chi connectivity index (χ1v) is 8.04. The molecule has 128 valence electrons. The van der Waals surface area contributed by atoms with E-state index in [4.69, 9.17) is 14.9 Å². The molecule has 0 aliphatic rings. The van der Waals surface area contributed by atoms with Crippen LogP contribution in [0.2, 0.25) is 0 Å². The highest BCUT2D eigenvalue weighted by Crippen LogP contribution is 2.30. The molecule has 0 saturated heterocycles. The minimum Gasteiger partial charge on any atom is -0.495 e. The normalized spacial score (nSPS) is 10.5. The molecule has 2 N–H and O–H groups in total. The van der Waals surface area contributed by atoms with E-state index in [1.54, 1.807) is 36.3 Å². The summed E-state index contributed by atoms with van der Waals surface area (Å²) in [6, 6.07) is 18.4. The maximum atomic E-state index is 12.8. The van der Waals surface area contributed by atoms with Gasteiger partial charge in [0.2, 0.25) is 0 Å². The molecule has 1 heterocycles. The summed E-state index contributed by atoms with van der Waals surface area (Å²) in [5.41, 5.74) is 8.08. The Morgan fingerprint density at radius 2 is 1.88 bits per heavy atom. The van der Waals surface area contributed by atoms with Crippen molar-refractivity contribution in [1.29, 1.82) is 0 Å². The Balaban J connectivity index is 1.88. The fourth-order valence-electron chi connectivity index (χ4n) is 2.68. The maximum Gasteiger partial charge on any atom is 0.293 e. The number of carbonyl (C=O) groups is 1. The summed E-state index contributed by atoms with van der Waals surface area (Å²) in [6.45, 7) is 2.48. The first-order chi connectivity index (χ1) is 12.1. The van der Waals surface area contributed by atoms with Crippen LogP contribution in [0, 0.1) is 0 Å². The molecule has 0 fully saturated rings. The molecule has 3 aromatic rings. The predicted molar refractivity (Wildman–Crippen MR) is 98.9 cm³/mol. The number of ether oxygens (including phenoxy) is 1. The highest BCUT2D eigenvalue weighted by atomic mass is 16.5. The number of nitrogens with two attached hydrogens (primary N) is 1. The zero-order valence-electron chi connectivity index (χ0n) is 14.2. The first kappa shape index (κ1) is 16.6. The average molecular weight is 336 g/mol. The van der Waals surface area contributed by atoms with Gasteiger partial charge >= 0.3 is 0 Å². The third kappa shape index (κ3) is 3.35. The van der Waals surface area contributed by atoms with Crippen LogP contribution in [0.5, 0.6) is 5.75 Å². The van der Waals surface area contributed by atoms with Crippen molar-refractivity contribution in [2.45, 2.75) is 6.92 Å². The molecule has 0 aliphatic heterocycles. The van der Waals surface area contributed by atoms with E-state index < -0.39 is 0 Å². The smallest absolute Gasteiger partial charge is 0.293 e. The average Bonchev–Trinajstić information content (AvgIpc) is 3.13. The van der Waals surface area contributed by atoms with Crippen LogP contribution in [-0.2, 0) is 0 Å². The van der Waals surface area contributed by atoms with Crippen molar-refractivity contribution in [3.8, 4) is 17.1 Å². The molecule has 5 nitrogen and oxygen atoms in total. The van der Waals surface area contributed by atoms with Crippen molar-refractivity contribution in [1.82, 2.24) is 0 Å². The lowest BCUT2D eigenvalue weighted by Gasteiger charge is -2.19. The standard InChI is InChI=1S/C20H20N2O3/c1-3-22(15-7-5-4-6-8-15)20(23)19-12-11-17(25-19)14-9-10-18(24-2)16(21)13-14/h4-13H,3,21H2,1-2H3. The van der Waals surface area contributed by atoms with E-state index in [2.05, 4.69) is 0 Å². The van der Waals surface area contributed by atoms with Gasteiger partial charge in [-0.3, -0.25) is 4.79 Å². The van der Waals surface area contributed by atoms with E-state index >= 15 is 0 Å². The van der Waals surface area contributed by atoms with Gasteiger partial charge in [-0.15, -0.1) is 0 Å². The highest BCUT2D eigenvalue weighted by Gasteiger charge is 2.20. The minimum atomic E-state index is -0.179. The van der Waals surface area contributed by atoms with Crippen LogP contribution in [0.1, 0.15) is 17.5 Å². The van der Waals surface area contributed by atoms with Crippen LogP contribution < -0.4 is 15.4 Å². The molecule has 0 saturated carbocycles. The Labute approximate surface area is 146 Å². The molecule has 0 atom stereocenters. The lowest BCUT2D eigenvalue weighted by Crippen LogP contribution is -2.30. The largest absolute Gasteiger partial charge is 0.495 e. The van der Waals surface area contributed by atoms with Crippen molar-refractivity contribution in [3.05, 3.63) is 66.4 Å². The number of nitrogens with zero attached hydrogens (tertiary/aromatic N) is 1.